The lowest BCUT2D eigenvalue weighted by atomic mass is 10.1. The number of hydrogen-bond acceptors (Lipinski definition) is 4. The first-order valence-electron chi connectivity index (χ1n) is 6.12. The van der Waals surface area contributed by atoms with Crippen LogP contribution in [0.2, 0.25) is 11.6 Å². The van der Waals surface area contributed by atoms with Gasteiger partial charge in [0, 0.05) is 20.6 Å². The van der Waals surface area contributed by atoms with Crippen LogP contribution in [-0.4, -0.2) is 34.3 Å². The molecule has 0 N–H and O–H groups in total. The highest BCUT2D eigenvalue weighted by Gasteiger charge is 2.49. The van der Waals surface area contributed by atoms with E-state index >= 15 is 0 Å². The van der Waals surface area contributed by atoms with Crippen LogP contribution in [0.4, 0.5) is 0 Å². The standard InChI is InChI=1S/C12H24O4Si/c1-6-8-11(14)12(10(3)13)17(15-4,16-5)9-7-2/h12H,6-9H2,1-5H3. The molecule has 100 valence electrons. The predicted molar refractivity (Wildman–Crippen MR) is 69.2 cm³/mol. The first-order valence-corrected chi connectivity index (χ1v) is 8.22. The Hall–Kier alpha value is -0.523. The molecule has 4 nitrogen and oxygen atoms in total. The second kappa shape index (κ2) is 7.74. The van der Waals surface area contributed by atoms with Gasteiger partial charge in [0.2, 0.25) is 0 Å². The lowest BCUT2D eigenvalue weighted by Crippen LogP contribution is -2.50. The summed E-state index contributed by atoms with van der Waals surface area (Å²) in [7, 11) is 0.349. The van der Waals surface area contributed by atoms with E-state index in [2.05, 4.69) is 0 Å². The Morgan fingerprint density at radius 3 is 1.94 bits per heavy atom. The molecule has 0 saturated carbocycles. The maximum atomic E-state index is 12.1. The molecule has 0 aromatic rings. The van der Waals surface area contributed by atoms with Crippen LogP contribution in [0.5, 0.6) is 0 Å². The number of rotatable bonds is 9. The summed E-state index contributed by atoms with van der Waals surface area (Å²) in [5, 5.41) is 0. The summed E-state index contributed by atoms with van der Waals surface area (Å²) in [5.74, 6) is -0.170. The molecule has 1 unspecified atom stereocenters. The van der Waals surface area contributed by atoms with Crippen LogP contribution in [0.1, 0.15) is 40.0 Å². The third kappa shape index (κ3) is 4.01. The van der Waals surface area contributed by atoms with Crippen molar-refractivity contribution in [3.05, 3.63) is 0 Å². The van der Waals surface area contributed by atoms with Gasteiger partial charge in [-0.25, -0.2) is 0 Å². The Kier molecular flexibility index (Phi) is 7.50. The minimum absolute atomic E-state index is 0.0381. The fraction of sp³-hybridized carbons (Fsp3) is 0.833. The Bertz CT molecular complexity index is 261. The lowest BCUT2D eigenvalue weighted by Gasteiger charge is -2.32. The molecule has 0 aliphatic heterocycles. The SMILES string of the molecule is CCCC(=O)C(C(C)=O)[Si](CCC)(OC)OC. The van der Waals surface area contributed by atoms with Crippen molar-refractivity contribution in [3.63, 3.8) is 0 Å². The normalized spacial score (nSPS) is 13.5. The Morgan fingerprint density at radius 1 is 1.12 bits per heavy atom. The quantitative estimate of drug-likeness (QED) is 0.472. The first kappa shape index (κ1) is 16.5. The summed E-state index contributed by atoms with van der Waals surface area (Å²) in [4.78, 5) is 23.8. The van der Waals surface area contributed by atoms with Crippen LogP contribution < -0.4 is 0 Å². The zero-order valence-corrected chi connectivity index (χ0v) is 12.5. The third-order valence-corrected chi connectivity index (χ3v) is 7.14. The molecule has 5 heteroatoms. The van der Waals surface area contributed by atoms with Crippen molar-refractivity contribution in [2.24, 2.45) is 0 Å². The summed E-state index contributed by atoms with van der Waals surface area (Å²) in [6.07, 6.45) is 2.00. The molecule has 0 saturated heterocycles. The molecule has 0 amide bonds. The minimum atomic E-state index is -2.74. The number of carbonyl (C=O) groups is 2. The summed E-state index contributed by atoms with van der Waals surface area (Å²) < 4.78 is 11.0. The van der Waals surface area contributed by atoms with Crippen LogP contribution in [0.15, 0.2) is 0 Å². The first-order chi connectivity index (χ1) is 7.98. The summed E-state index contributed by atoms with van der Waals surface area (Å²) in [6.45, 7) is 5.38. The number of ketones is 2. The zero-order chi connectivity index (χ0) is 13.5. The molecular formula is C12H24O4Si. The molecular weight excluding hydrogens is 236 g/mol. The minimum Gasteiger partial charge on any atom is -0.397 e. The van der Waals surface area contributed by atoms with Crippen molar-refractivity contribution in [1.29, 1.82) is 0 Å². The van der Waals surface area contributed by atoms with Crippen molar-refractivity contribution in [2.75, 3.05) is 14.2 Å². The highest BCUT2D eigenvalue weighted by atomic mass is 28.4. The van der Waals surface area contributed by atoms with Gasteiger partial charge in [0.15, 0.2) is 0 Å². The molecule has 0 aromatic carbocycles. The maximum absolute atomic E-state index is 12.1. The molecule has 0 spiro atoms. The predicted octanol–water partition coefficient (Wildman–Crippen LogP) is 2.46. The summed E-state index contributed by atoms with van der Waals surface area (Å²) in [5.41, 5.74) is -0.683. The van der Waals surface area contributed by atoms with Crippen LogP contribution in [0, 0.1) is 0 Å². The van der Waals surface area contributed by atoms with Gasteiger partial charge >= 0.3 is 8.56 Å². The average Bonchev–Trinajstić information content (AvgIpc) is 2.28. The van der Waals surface area contributed by atoms with Crippen molar-refractivity contribution in [2.45, 2.75) is 51.6 Å². The van der Waals surface area contributed by atoms with E-state index in [0.717, 1.165) is 12.8 Å². The topological polar surface area (TPSA) is 52.6 Å². The molecule has 0 heterocycles. The van der Waals surface area contributed by atoms with Crippen LogP contribution in [0.3, 0.4) is 0 Å². The van der Waals surface area contributed by atoms with E-state index in [1.54, 1.807) is 14.2 Å². The molecule has 0 aromatic heterocycles. The van der Waals surface area contributed by atoms with Gasteiger partial charge in [0.1, 0.15) is 17.1 Å². The lowest BCUT2D eigenvalue weighted by molar-refractivity contribution is -0.126. The van der Waals surface area contributed by atoms with Crippen LogP contribution >= 0.6 is 0 Å². The van der Waals surface area contributed by atoms with Crippen molar-refractivity contribution in [1.82, 2.24) is 0 Å². The van der Waals surface area contributed by atoms with Crippen LogP contribution in [0.25, 0.3) is 0 Å². The van der Waals surface area contributed by atoms with E-state index in [9.17, 15) is 9.59 Å². The smallest absolute Gasteiger partial charge is 0.356 e. The van der Waals surface area contributed by atoms with Crippen molar-refractivity contribution >= 4 is 20.1 Å². The maximum Gasteiger partial charge on any atom is 0.356 e. The average molecular weight is 260 g/mol. The van der Waals surface area contributed by atoms with Gasteiger partial charge in [-0.2, -0.15) is 0 Å². The number of Topliss-reactive ketones (excluding diaryl/α,β-unsaturated/α-hetero) is 2. The molecule has 0 aliphatic carbocycles. The highest BCUT2D eigenvalue weighted by molar-refractivity contribution is 6.76. The van der Waals surface area contributed by atoms with E-state index in [4.69, 9.17) is 8.85 Å². The van der Waals surface area contributed by atoms with E-state index < -0.39 is 14.1 Å². The number of hydrogen-bond donors (Lipinski definition) is 0. The Balaban J connectivity index is 5.22. The van der Waals surface area contributed by atoms with Gasteiger partial charge in [-0.1, -0.05) is 20.3 Å². The second-order valence-corrected chi connectivity index (χ2v) is 7.75. The van der Waals surface area contributed by atoms with Gasteiger partial charge in [-0.05, 0) is 19.4 Å². The second-order valence-electron chi connectivity index (χ2n) is 4.23. The molecule has 0 rings (SSSR count). The Labute approximate surface area is 105 Å². The molecule has 0 aliphatic rings. The third-order valence-electron chi connectivity index (χ3n) is 2.95. The van der Waals surface area contributed by atoms with Gasteiger partial charge < -0.3 is 8.85 Å². The van der Waals surface area contributed by atoms with E-state index in [1.165, 1.54) is 6.92 Å². The Morgan fingerprint density at radius 2 is 1.65 bits per heavy atom. The van der Waals surface area contributed by atoms with Gasteiger partial charge in [-0.15, -0.1) is 0 Å². The zero-order valence-electron chi connectivity index (χ0n) is 11.5. The monoisotopic (exact) mass is 260 g/mol. The fourth-order valence-electron chi connectivity index (χ4n) is 2.19. The fourth-order valence-corrected chi connectivity index (χ4v) is 5.47. The summed E-state index contributed by atoms with van der Waals surface area (Å²) in [6, 6.07) is 0.666. The van der Waals surface area contributed by atoms with Crippen molar-refractivity contribution < 1.29 is 18.4 Å². The van der Waals surface area contributed by atoms with Gasteiger partial charge in [0.25, 0.3) is 0 Å². The molecule has 1 atom stereocenters. The van der Waals surface area contributed by atoms with Gasteiger partial charge in [0.05, 0.1) is 0 Å². The number of carbonyl (C=O) groups excluding carboxylic acids is 2. The summed E-state index contributed by atoms with van der Waals surface area (Å²) >= 11 is 0. The molecule has 17 heavy (non-hydrogen) atoms. The molecule has 0 bridgehead atoms. The van der Waals surface area contributed by atoms with Crippen molar-refractivity contribution in [3.8, 4) is 0 Å². The van der Waals surface area contributed by atoms with Gasteiger partial charge in [-0.3, -0.25) is 9.59 Å². The highest BCUT2D eigenvalue weighted by Crippen LogP contribution is 2.31. The molecule has 0 radical (unpaired) electrons. The van der Waals surface area contributed by atoms with Crippen LogP contribution in [-0.2, 0) is 18.4 Å². The van der Waals surface area contributed by atoms with E-state index in [-0.39, 0.29) is 11.6 Å². The van der Waals surface area contributed by atoms with E-state index in [1.807, 2.05) is 13.8 Å². The van der Waals surface area contributed by atoms with E-state index in [0.29, 0.717) is 12.5 Å². The largest absolute Gasteiger partial charge is 0.397 e. The molecule has 0 fully saturated rings.